The fourth-order valence-corrected chi connectivity index (χ4v) is 2.30. The van der Waals surface area contributed by atoms with Crippen molar-refractivity contribution in [2.24, 2.45) is 5.84 Å². The van der Waals surface area contributed by atoms with E-state index in [2.05, 4.69) is 20.7 Å². The number of nitrogens with zero attached hydrogens (tertiary/aromatic N) is 2. The Hall–Kier alpha value is -1.85. The molecule has 0 saturated heterocycles. The van der Waals surface area contributed by atoms with Crippen molar-refractivity contribution < 1.29 is 0 Å². The average Bonchev–Trinajstić information content (AvgIpc) is 2.47. The summed E-state index contributed by atoms with van der Waals surface area (Å²) in [6.07, 6.45) is 0. The fourth-order valence-electron chi connectivity index (χ4n) is 2.00. The number of hydrogen-bond acceptors (Lipinski definition) is 5. The molecule has 0 spiro atoms. The molecule has 1 unspecified atom stereocenters. The van der Waals surface area contributed by atoms with Crippen LogP contribution in [0.15, 0.2) is 30.3 Å². The van der Waals surface area contributed by atoms with Crippen LogP contribution in [0.25, 0.3) is 0 Å². The molecule has 0 saturated carbocycles. The van der Waals surface area contributed by atoms with Crippen molar-refractivity contribution in [3.05, 3.63) is 46.7 Å². The lowest BCUT2D eigenvalue weighted by Gasteiger charge is -2.18. The van der Waals surface area contributed by atoms with Gasteiger partial charge in [-0.15, -0.1) is 0 Å². The van der Waals surface area contributed by atoms with Crippen molar-refractivity contribution in [3.63, 3.8) is 0 Å². The number of aromatic nitrogens is 2. The second-order valence-corrected chi connectivity index (χ2v) is 5.59. The predicted molar refractivity (Wildman–Crippen MR) is 87.4 cm³/mol. The molecule has 0 fully saturated rings. The third-order valence-electron chi connectivity index (χ3n) is 3.14. The van der Waals surface area contributed by atoms with Gasteiger partial charge < -0.3 is 10.7 Å². The molecule has 0 amide bonds. The zero-order valence-electron chi connectivity index (χ0n) is 12.4. The summed E-state index contributed by atoms with van der Waals surface area (Å²) in [7, 11) is 0. The topological polar surface area (TPSA) is 75.9 Å². The summed E-state index contributed by atoms with van der Waals surface area (Å²) in [5.41, 5.74) is 3.59. The molecule has 2 aromatic rings. The molecule has 112 valence electrons. The van der Waals surface area contributed by atoms with E-state index in [1.54, 1.807) is 6.07 Å². The Kier molecular flexibility index (Phi) is 4.98. The summed E-state index contributed by atoms with van der Waals surface area (Å²) in [5.74, 6) is 7.72. The number of anilines is 2. The first kappa shape index (κ1) is 15.5. The number of halogens is 1. The second-order valence-electron chi connectivity index (χ2n) is 5.18. The van der Waals surface area contributed by atoms with Gasteiger partial charge in [0.15, 0.2) is 0 Å². The normalized spacial score (nSPS) is 12.3. The van der Waals surface area contributed by atoms with E-state index in [-0.39, 0.29) is 12.0 Å². The van der Waals surface area contributed by atoms with Gasteiger partial charge in [0, 0.05) is 17.0 Å². The van der Waals surface area contributed by atoms with Crippen LogP contribution in [0.5, 0.6) is 0 Å². The Balaban J connectivity index is 2.26. The number of nitrogens with two attached hydrogens (primary N) is 1. The van der Waals surface area contributed by atoms with Gasteiger partial charge in [0.2, 0.25) is 0 Å². The highest BCUT2D eigenvalue weighted by Crippen LogP contribution is 2.26. The van der Waals surface area contributed by atoms with E-state index in [9.17, 15) is 0 Å². The van der Waals surface area contributed by atoms with Gasteiger partial charge in [-0.2, -0.15) is 0 Å². The van der Waals surface area contributed by atoms with E-state index >= 15 is 0 Å². The lowest BCUT2D eigenvalue weighted by Crippen LogP contribution is -2.14. The van der Waals surface area contributed by atoms with Crippen LogP contribution >= 0.6 is 11.6 Å². The zero-order chi connectivity index (χ0) is 15.4. The molecule has 1 aromatic carbocycles. The summed E-state index contributed by atoms with van der Waals surface area (Å²) >= 11 is 6.22. The SMILES string of the molecule is CC(C)c1nc(NN)cc(NC(C)c2ccccc2Cl)n1. The van der Waals surface area contributed by atoms with Gasteiger partial charge in [-0.1, -0.05) is 43.6 Å². The van der Waals surface area contributed by atoms with Crippen LogP contribution in [0, 0.1) is 0 Å². The molecule has 0 aliphatic heterocycles. The average molecular weight is 306 g/mol. The van der Waals surface area contributed by atoms with Crippen molar-refractivity contribution in [1.29, 1.82) is 0 Å². The van der Waals surface area contributed by atoms with Gasteiger partial charge in [0.1, 0.15) is 17.5 Å². The van der Waals surface area contributed by atoms with E-state index in [1.807, 2.05) is 45.0 Å². The highest BCUT2D eigenvalue weighted by Gasteiger charge is 2.12. The number of hydrazine groups is 1. The van der Waals surface area contributed by atoms with Crippen molar-refractivity contribution >= 4 is 23.2 Å². The second kappa shape index (κ2) is 6.74. The first-order valence-corrected chi connectivity index (χ1v) is 7.25. The largest absolute Gasteiger partial charge is 0.363 e. The molecule has 1 atom stereocenters. The fraction of sp³-hybridized carbons (Fsp3) is 0.333. The molecule has 0 aliphatic rings. The first-order chi connectivity index (χ1) is 10.0. The van der Waals surface area contributed by atoms with Gasteiger partial charge in [0.05, 0.1) is 6.04 Å². The molecule has 0 aliphatic carbocycles. The maximum atomic E-state index is 6.22. The van der Waals surface area contributed by atoms with Crippen LogP contribution < -0.4 is 16.6 Å². The van der Waals surface area contributed by atoms with Crippen molar-refractivity contribution in [2.45, 2.75) is 32.7 Å². The number of hydrogen-bond donors (Lipinski definition) is 3. The Morgan fingerprint density at radius 3 is 2.38 bits per heavy atom. The molecule has 21 heavy (non-hydrogen) atoms. The van der Waals surface area contributed by atoms with Gasteiger partial charge in [0.25, 0.3) is 0 Å². The van der Waals surface area contributed by atoms with Crippen LogP contribution in [-0.2, 0) is 0 Å². The van der Waals surface area contributed by atoms with E-state index in [0.717, 1.165) is 16.4 Å². The van der Waals surface area contributed by atoms with E-state index in [0.29, 0.717) is 11.6 Å². The van der Waals surface area contributed by atoms with E-state index in [4.69, 9.17) is 17.4 Å². The number of benzene rings is 1. The van der Waals surface area contributed by atoms with E-state index < -0.39 is 0 Å². The third-order valence-corrected chi connectivity index (χ3v) is 3.49. The standard InChI is InChI=1S/C15H20ClN5/c1-9(2)15-19-13(8-14(20-15)21-17)18-10(3)11-6-4-5-7-12(11)16/h4-10H,17H2,1-3H3,(H2,18,19,20,21). The maximum Gasteiger partial charge on any atom is 0.145 e. The molecule has 0 bridgehead atoms. The number of rotatable bonds is 5. The summed E-state index contributed by atoms with van der Waals surface area (Å²) in [6, 6.07) is 9.55. The minimum Gasteiger partial charge on any atom is -0.363 e. The minimum atomic E-state index is 0.0271. The molecule has 6 heteroatoms. The van der Waals surface area contributed by atoms with Crippen molar-refractivity contribution in [1.82, 2.24) is 9.97 Å². The molecular formula is C15H20ClN5. The van der Waals surface area contributed by atoms with Crippen LogP contribution in [-0.4, -0.2) is 9.97 Å². The molecular weight excluding hydrogens is 286 g/mol. The number of nitrogens with one attached hydrogen (secondary N) is 2. The van der Waals surface area contributed by atoms with E-state index in [1.165, 1.54) is 0 Å². The lowest BCUT2D eigenvalue weighted by molar-refractivity contribution is 0.769. The molecule has 5 nitrogen and oxygen atoms in total. The summed E-state index contributed by atoms with van der Waals surface area (Å²) in [4.78, 5) is 8.85. The van der Waals surface area contributed by atoms with Crippen LogP contribution in [0.3, 0.4) is 0 Å². The molecule has 1 heterocycles. The molecule has 0 radical (unpaired) electrons. The monoisotopic (exact) mass is 305 g/mol. The highest BCUT2D eigenvalue weighted by molar-refractivity contribution is 6.31. The zero-order valence-corrected chi connectivity index (χ0v) is 13.1. The summed E-state index contributed by atoms with van der Waals surface area (Å²) < 4.78 is 0. The Labute approximate surface area is 129 Å². The Morgan fingerprint density at radius 1 is 1.10 bits per heavy atom. The number of nitrogen functional groups attached to an aromatic ring is 1. The van der Waals surface area contributed by atoms with Gasteiger partial charge in [-0.25, -0.2) is 15.8 Å². The van der Waals surface area contributed by atoms with Gasteiger partial charge >= 0.3 is 0 Å². The van der Waals surface area contributed by atoms with Crippen molar-refractivity contribution in [3.8, 4) is 0 Å². The third kappa shape index (κ3) is 3.83. The summed E-state index contributed by atoms with van der Waals surface area (Å²) in [5, 5.41) is 4.07. The lowest BCUT2D eigenvalue weighted by atomic mass is 10.1. The highest BCUT2D eigenvalue weighted by atomic mass is 35.5. The summed E-state index contributed by atoms with van der Waals surface area (Å²) in [6.45, 7) is 6.11. The van der Waals surface area contributed by atoms with Crippen molar-refractivity contribution in [2.75, 3.05) is 10.7 Å². The van der Waals surface area contributed by atoms with Gasteiger partial charge in [-0.05, 0) is 18.6 Å². The van der Waals surface area contributed by atoms with Gasteiger partial charge in [-0.3, -0.25) is 0 Å². The Bertz CT molecular complexity index is 615. The Morgan fingerprint density at radius 2 is 1.76 bits per heavy atom. The van der Waals surface area contributed by atoms with Crippen LogP contribution in [0.2, 0.25) is 5.02 Å². The maximum absolute atomic E-state index is 6.22. The quantitative estimate of drug-likeness (QED) is 0.580. The molecule has 1 aromatic heterocycles. The smallest absolute Gasteiger partial charge is 0.145 e. The molecule has 2 rings (SSSR count). The first-order valence-electron chi connectivity index (χ1n) is 6.87. The predicted octanol–water partition coefficient (Wildman–Crippen LogP) is 3.71. The minimum absolute atomic E-state index is 0.0271. The van der Waals surface area contributed by atoms with Crippen LogP contribution in [0.4, 0.5) is 11.6 Å². The van der Waals surface area contributed by atoms with Crippen LogP contribution in [0.1, 0.15) is 44.1 Å². The molecule has 4 N–H and O–H groups in total.